The van der Waals surface area contributed by atoms with Crippen LogP contribution in [-0.2, 0) is 5.75 Å². The summed E-state index contributed by atoms with van der Waals surface area (Å²) in [6.45, 7) is 2.12. The lowest BCUT2D eigenvalue weighted by molar-refractivity contribution is 1.28. The standard InChI is InChI=1S/C9H9NS3/c1-6-2-3-12-9(6)7-5-13-8(4-11)10-7/h2-3,5,11H,4H2,1H3. The molecule has 0 aliphatic rings. The summed E-state index contributed by atoms with van der Waals surface area (Å²) in [7, 11) is 0. The first-order valence-electron chi connectivity index (χ1n) is 3.91. The Morgan fingerprint density at radius 1 is 1.46 bits per heavy atom. The average Bonchev–Trinajstić information content (AvgIpc) is 2.71. The largest absolute Gasteiger partial charge is 0.239 e. The predicted octanol–water partition coefficient (Wildman–Crippen LogP) is 3.61. The molecular formula is C9H9NS3. The van der Waals surface area contributed by atoms with Crippen LogP contribution in [0.2, 0.25) is 0 Å². The second-order valence-electron chi connectivity index (χ2n) is 2.72. The Hall–Kier alpha value is -0.320. The summed E-state index contributed by atoms with van der Waals surface area (Å²) >= 11 is 7.62. The van der Waals surface area contributed by atoms with Gasteiger partial charge in [0.05, 0.1) is 10.6 Å². The second-order valence-corrected chi connectivity index (χ2v) is 4.89. The molecule has 0 spiro atoms. The van der Waals surface area contributed by atoms with Gasteiger partial charge in [-0.25, -0.2) is 4.98 Å². The maximum absolute atomic E-state index is 4.48. The minimum Gasteiger partial charge on any atom is -0.239 e. The van der Waals surface area contributed by atoms with Crippen LogP contribution in [0.1, 0.15) is 10.6 Å². The molecule has 0 aliphatic heterocycles. The molecule has 0 unspecified atom stereocenters. The highest BCUT2D eigenvalue weighted by Crippen LogP contribution is 2.30. The van der Waals surface area contributed by atoms with Crippen molar-refractivity contribution in [2.24, 2.45) is 0 Å². The van der Waals surface area contributed by atoms with Gasteiger partial charge in [-0.1, -0.05) is 0 Å². The number of rotatable bonds is 2. The van der Waals surface area contributed by atoms with Gasteiger partial charge in [0.2, 0.25) is 0 Å². The summed E-state index contributed by atoms with van der Waals surface area (Å²) in [5.74, 6) is 0.731. The molecule has 13 heavy (non-hydrogen) atoms. The molecule has 1 nitrogen and oxygen atoms in total. The topological polar surface area (TPSA) is 12.9 Å². The summed E-state index contributed by atoms with van der Waals surface area (Å²) in [5.41, 5.74) is 2.41. The van der Waals surface area contributed by atoms with Crippen molar-refractivity contribution in [1.29, 1.82) is 0 Å². The van der Waals surface area contributed by atoms with Crippen molar-refractivity contribution >= 4 is 35.3 Å². The van der Waals surface area contributed by atoms with Gasteiger partial charge in [-0.2, -0.15) is 12.6 Å². The van der Waals surface area contributed by atoms with Crippen molar-refractivity contribution in [1.82, 2.24) is 4.98 Å². The second kappa shape index (κ2) is 3.82. The zero-order valence-corrected chi connectivity index (χ0v) is 9.68. The molecule has 0 aromatic carbocycles. The van der Waals surface area contributed by atoms with E-state index in [0.717, 1.165) is 16.5 Å². The number of nitrogens with zero attached hydrogens (tertiary/aromatic N) is 1. The van der Waals surface area contributed by atoms with Gasteiger partial charge >= 0.3 is 0 Å². The smallest absolute Gasteiger partial charge is 0.103 e. The first-order valence-corrected chi connectivity index (χ1v) is 6.30. The summed E-state index contributed by atoms with van der Waals surface area (Å²) in [6.07, 6.45) is 0. The van der Waals surface area contributed by atoms with Crippen LogP contribution in [0.15, 0.2) is 16.8 Å². The third kappa shape index (κ3) is 1.80. The third-order valence-corrected chi connectivity index (χ3v) is 4.18. The Kier molecular flexibility index (Phi) is 2.71. The summed E-state index contributed by atoms with van der Waals surface area (Å²) in [6, 6.07) is 2.12. The fraction of sp³-hybridized carbons (Fsp3) is 0.222. The number of hydrogen-bond donors (Lipinski definition) is 1. The highest BCUT2D eigenvalue weighted by atomic mass is 32.1. The summed E-state index contributed by atoms with van der Waals surface area (Å²) in [4.78, 5) is 5.77. The highest BCUT2D eigenvalue weighted by Gasteiger charge is 2.06. The number of thiol groups is 1. The first kappa shape index (κ1) is 9.24. The highest BCUT2D eigenvalue weighted by molar-refractivity contribution is 7.79. The SMILES string of the molecule is Cc1ccsc1-c1csc(CS)n1. The van der Waals surface area contributed by atoms with Crippen molar-refractivity contribution < 1.29 is 0 Å². The summed E-state index contributed by atoms with van der Waals surface area (Å²) < 4.78 is 0. The van der Waals surface area contributed by atoms with Gasteiger partial charge in [-0.05, 0) is 23.9 Å². The monoisotopic (exact) mass is 227 g/mol. The van der Waals surface area contributed by atoms with Crippen LogP contribution in [0.3, 0.4) is 0 Å². The van der Waals surface area contributed by atoms with E-state index in [2.05, 4.69) is 41.4 Å². The molecule has 0 saturated heterocycles. The lowest BCUT2D eigenvalue weighted by Gasteiger charge is -1.91. The molecule has 4 heteroatoms. The molecule has 0 radical (unpaired) electrons. The molecule has 0 saturated carbocycles. The van der Waals surface area contributed by atoms with Gasteiger partial charge in [0.25, 0.3) is 0 Å². The normalized spacial score (nSPS) is 10.6. The Labute approximate surface area is 90.9 Å². The fourth-order valence-corrected chi connectivity index (χ4v) is 3.02. The van der Waals surface area contributed by atoms with Crippen molar-refractivity contribution in [3.63, 3.8) is 0 Å². The van der Waals surface area contributed by atoms with Crippen LogP contribution in [-0.4, -0.2) is 4.98 Å². The molecule has 0 aliphatic carbocycles. The molecule has 68 valence electrons. The van der Waals surface area contributed by atoms with Crippen molar-refractivity contribution in [2.75, 3.05) is 0 Å². The minimum absolute atomic E-state index is 0.731. The first-order chi connectivity index (χ1) is 6.31. The fourth-order valence-electron chi connectivity index (χ4n) is 1.12. The van der Waals surface area contributed by atoms with Crippen LogP contribution >= 0.6 is 35.3 Å². The van der Waals surface area contributed by atoms with Gasteiger partial charge in [0.15, 0.2) is 0 Å². The van der Waals surface area contributed by atoms with E-state index < -0.39 is 0 Å². The van der Waals surface area contributed by atoms with E-state index in [1.807, 2.05) is 0 Å². The predicted molar refractivity (Wildman–Crippen MR) is 62.9 cm³/mol. The lowest BCUT2D eigenvalue weighted by Crippen LogP contribution is -1.77. The molecule has 2 aromatic rings. The van der Waals surface area contributed by atoms with Crippen molar-refractivity contribution in [3.8, 4) is 10.6 Å². The van der Waals surface area contributed by atoms with Crippen molar-refractivity contribution in [3.05, 3.63) is 27.4 Å². The van der Waals surface area contributed by atoms with E-state index in [1.54, 1.807) is 22.7 Å². The van der Waals surface area contributed by atoms with Gasteiger partial charge in [-0.15, -0.1) is 22.7 Å². The van der Waals surface area contributed by atoms with Crippen LogP contribution in [0.5, 0.6) is 0 Å². The van der Waals surface area contributed by atoms with Crippen LogP contribution in [0, 0.1) is 6.92 Å². The van der Waals surface area contributed by atoms with Crippen LogP contribution in [0.4, 0.5) is 0 Å². The van der Waals surface area contributed by atoms with E-state index in [1.165, 1.54) is 10.4 Å². The van der Waals surface area contributed by atoms with Crippen LogP contribution in [0.25, 0.3) is 10.6 Å². The van der Waals surface area contributed by atoms with Gasteiger partial charge in [0.1, 0.15) is 5.01 Å². The van der Waals surface area contributed by atoms with E-state index >= 15 is 0 Å². The number of thiophene rings is 1. The lowest BCUT2D eigenvalue weighted by atomic mass is 10.2. The van der Waals surface area contributed by atoms with E-state index in [4.69, 9.17) is 0 Å². The number of aromatic nitrogens is 1. The average molecular weight is 227 g/mol. The maximum Gasteiger partial charge on any atom is 0.103 e. The quantitative estimate of drug-likeness (QED) is 0.773. The number of aryl methyl sites for hydroxylation is 1. The molecule has 0 N–H and O–H groups in total. The zero-order chi connectivity index (χ0) is 9.26. The minimum atomic E-state index is 0.731. The Morgan fingerprint density at radius 3 is 2.85 bits per heavy atom. The Morgan fingerprint density at radius 2 is 2.31 bits per heavy atom. The number of hydrogen-bond acceptors (Lipinski definition) is 4. The molecule has 0 amide bonds. The molecule has 0 fully saturated rings. The van der Waals surface area contributed by atoms with Gasteiger partial charge in [-0.3, -0.25) is 0 Å². The zero-order valence-electron chi connectivity index (χ0n) is 7.15. The Bertz CT molecular complexity index is 402. The molecular weight excluding hydrogens is 218 g/mol. The third-order valence-electron chi connectivity index (χ3n) is 1.78. The summed E-state index contributed by atoms with van der Waals surface area (Å²) in [5, 5.41) is 5.29. The van der Waals surface area contributed by atoms with E-state index in [-0.39, 0.29) is 0 Å². The van der Waals surface area contributed by atoms with E-state index in [0.29, 0.717) is 0 Å². The molecule has 2 rings (SSSR count). The van der Waals surface area contributed by atoms with E-state index in [9.17, 15) is 0 Å². The maximum atomic E-state index is 4.48. The molecule has 2 heterocycles. The van der Waals surface area contributed by atoms with Crippen LogP contribution < -0.4 is 0 Å². The molecule has 0 bridgehead atoms. The van der Waals surface area contributed by atoms with Gasteiger partial charge in [0, 0.05) is 11.1 Å². The molecule has 2 aromatic heterocycles. The number of thiazole rings is 1. The van der Waals surface area contributed by atoms with Crippen molar-refractivity contribution in [2.45, 2.75) is 12.7 Å². The molecule has 0 atom stereocenters. The van der Waals surface area contributed by atoms with Gasteiger partial charge < -0.3 is 0 Å². The Balaban J connectivity index is 2.41.